The Kier molecular flexibility index (Phi) is 8.98. The molecular weight excluding hydrogens is 280 g/mol. The van der Waals surface area contributed by atoms with Gasteiger partial charge >= 0.3 is 5.97 Å². The minimum absolute atomic E-state index is 0.0400. The van der Waals surface area contributed by atoms with Crippen LogP contribution in [0.5, 0.6) is 0 Å². The van der Waals surface area contributed by atoms with Crippen molar-refractivity contribution in [1.29, 1.82) is 0 Å². The van der Waals surface area contributed by atoms with Crippen LogP contribution in [0.1, 0.15) is 13.8 Å². The van der Waals surface area contributed by atoms with E-state index in [1.807, 2.05) is 0 Å². The highest BCUT2D eigenvalue weighted by Gasteiger charge is 2.20. The molecule has 0 atom stereocenters. The fraction of sp³-hybridized carbons (Fsp3) is 0.615. The average molecular weight is 302 g/mol. The Balaban J connectivity index is 4.82. The summed E-state index contributed by atoms with van der Waals surface area (Å²) in [6.45, 7) is 3.41. The van der Waals surface area contributed by atoms with Gasteiger partial charge in [-0.1, -0.05) is 13.8 Å². The van der Waals surface area contributed by atoms with E-state index in [1.54, 1.807) is 13.8 Å². The van der Waals surface area contributed by atoms with E-state index in [9.17, 15) is 14.4 Å². The van der Waals surface area contributed by atoms with Crippen LogP contribution < -0.4 is 10.6 Å². The van der Waals surface area contributed by atoms with E-state index in [1.165, 1.54) is 14.2 Å². The molecule has 2 amide bonds. The summed E-state index contributed by atoms with van der Waals surface area (Å²) in [6, 6.07) is 0. The summed E-state index contributed by atoms with van der Waals surface area (Å²) in [5.74, 6) is -2.17. The predicted molar refractivity (Wildman–Crippen MR) is 73.9 cm³/mol. The molecule has 0 saturated carbocycles. The monoisotopic (exact) mass is 302 g/mol. The lowest BCUT2D eigenvalue weighted by atomic mass is 10.2. The Labute approximate surface area is 123 Å². The first-order valence-corrected chi connectivity index (χ1v) is 6.30. The van der Waals surface area contributed by atoms with E-state index in [0.29, 0.717) is 0 Å². The van der Waals surface area contributed by atoms with Gasteiger partial charge in [0.05, 0.1) is 13.7 Å². The lowest BCUT2D eigenvalue weighted by Crippen LogP contribution is -2.37. The SMILES string of the molecule is COC(=O)/C(=C/NC(=O)C(C)C)C(=O)NCC(OC)OC. The van der Waals surface area contributed by atoms with Gasteiger partial charge in [-0.2, -0.15) is 0 Å². The molecule has 0 bridgehead atoms. The molecule has 2 N–H and O–H groups in total. The van der Waals surface area contributed by atoms with Gasteiger partial charge < -0.3 is 24.8 Å². The summed E-state index contributed by atoms with van der Waals surface area (Å²) >= 11 is 0. The standard InChI is InChI=1S/C13H22N2O6/c1-8(2)11(16)14-6-9(13(18)21-5)12(17)15-7-10(19-3)20-4/h6,8,10H,7H2,1-5H3,(H,14,16)(H,15,17)/b9-6+. The Morgan fingerprint density at radius 1 is 1.10 bits per heavy atom. The van der Waals surface area contributed by atoms with Crippen molar-refractivity contribution in [3.8, 4) is 0 Å². The minimum Gasteiger partial charge on any atom is -0.465 e. The maximum absolute atomic E-state index is 11.9. The normalized spacial score (nSPS) is 11.5. The van der Waals surface area contributed by atoms with Crippen molar-refractivity contribution in [3.05, 3.63) is 11.8 Å². The topological polar surface area (TPSA) is 103 Å². The van der Waals surface area contributed by atoms with Crippen molar-refractivity contribution >= 4 is 17.8 Å². The summed E-state index contributed by atoms with van der Waals surface area (Å²) in [7, 11) is 3.97. The zero-order valence-corrected chi connectivity index (χ0v) is 12.9. The quantitative estimate of drug-likeness (QED) is 0.207. The fourth-order valence-electron chi connectivity index (χ4n) is 1.17. The van der Waals surface area contributed by atoms with E-state index in [4.69, 9.17) is 9.47 Å². The third-order valence-electron chi connectivity index (χ3n) is 2.49. The second kappa shape index (κ2) is 9.89. The molecule has 0 saturated heterocycles. The molecule has 0 rings (SSSR count). The maximum atomic E-state index is 11.9. The molecular formula is C13H22N2O6. The van der Waals surface area contributed by atoms with Gasteiger partial charge in [-0.15, -0.1) is 0 Å². The Morgan fingerprint density at radius 2 is 1.67 bits per heavy atom. The Bertz CT molecular complexity index is 401. The Morgan fingerprint density at radius 3 is 2.10 bits per heavy atom. The molecule has 8 heteroatoms. The zero-order chi connectivity index (χ0) is 16.4. The number of esters is 1. The summed E-state index contributed by atoms with van der Waals surface area (Å²) in [6.07, 6.45) is 0.385. The van der Waals surface area contributed by atoms with Crippen LogP contribution in [0.4, 0.5) is 0 Å². The molecule has 0 aliphatic heterocycles. The average Bonchev–Trinajstić information content (AvgIpc) is 2.47. The number of hydrogen-bond donors (Lipinski definition) is 2. The molecule has 21 heavy (non-hydrogen) atoms. The van der Waals surface area contributed by atoms with Crippen LogP contribution in [-0.2, 0) is 28.6 Å². The smallest absolute Gasteiger partial charge is 0.344 e. The molecule has 0 aromatic heterocycles. The molecule has 0 aromatic carbocycles. The van der Waals surface area contributed by atoms with Crippen molar-refractivity contribution in [2.45, 2.75) is 20.1 Å². The maximum Gasteiger partial charge on any atom is 0.344 e. The molecule has 120 valence electrons. The molecule has 0 aromatic rings. The first-order chi connectivity index (χ1) is 9.87. The third kappa shape index (κ3) is 6.87. The highest BCUT2D eigenvalue weighted by molar-refractivity contribution is 6.16. The van der Waals surface area contributed by atoms with Gasteiger partial charge in [0.15, 0.2) is 6.29 Å². The second-order valence-electron chi connectivity index (χ2n) is 4.32. The van der Waals surface area contributed by atoms with Gasteiger partial charge in [-0.25, -0.2) is 4.79 Å². The van der Waals surface area contributed by atoms with Gasteiger partial charge in [0.25, 0.3) is 5.91 Å². The molecule has 0 unspecified atom stereocenters. The van der Waals surface area contributed by atoms with E-state index < -0.39 is 18.2 Å². The van der Waals surface area contributed by atoms with Crippen LogP contribution in [0.25, 0.3) is 0 Å². The number of carbonyl (C=O) groups excluding carboxylic acids is 3. The van der Waals surface area contributed by atoms with Gasteiger partial charge in [-0.3, -0.25) is 9.59 Å². The largest absolute Gasteiger partial charge is 0.465 e. The van der Waals surface area contributed by atoms with Crippen molar-refractivity contribution in [1.82, 2.24) is 10.6 Å². The van der Waals surface area contributed by atoms with Crippen molar-refractivity contribution < 1.29 is 28.6 Å². The number of rotatable bonds is 8. The molecule has 0 spiro atoms. The summed E-state index contributed by atoms with van der Waals surface area (Å²) in [5, 5.41) is 4.81. The van der Waals surface area contributed by atoms with Gasteiger partial charge in [0, 0.05) is 26.3 Å². The van der Waals surface area contributed by atoms with Crippen molar-refractivity contribution in [3.63, 3.8) is 0 Å². The number of methoxy groups -OCH3 is 3. The molecule has 0 fully saturated rings. The van der Waals surface area contributed by atoms with E-state index in [-0.39, 0.29) is 23.9 Å². The molecule has 8 nitrogen and oxygen atoms in total. The summed E-state index contributed by atoms with van der Waals surface area (Å²) < 4.78 is 14.3. The lowest BCUT2D eigenvalue weighted by Gasteiger charge is -2.14. The third-order valence-corrected chi connectivity index (χ3v) is 2.49. The van der Waals surface area contributed by atoms with Gasteiger partial charge in [0.1, 0.15) is 5.57 Å². The van der Waals surface area contributed by atoms with Crippen LogP contribution in [0, 0.1) is 5.92 Å². The van der Waals surface area contributed by atoms with E-state index in [0.717, 1.165) is 13.3 Å². The summed E-state index contributed by atoms with van der Waals surface area (Å²) in [4.78, 5) is 34.9. The van der Waals surface area contributed by atoms with Crippen molar-refractivity contribution in [2.24, 2.45) is 5.92 Å². The number of carbonyl (C=O) groups is 3. The predicted octanol–water partition coefficient (Wildman–Crippen LogP) is -0.449. The number of ether oxygens (including phenoxy) is 3. The zero-order valence-electron chi connectivity index (χ0n) is 12.9. The van der Waals surface area contributed by atoms with E-state index in [2.05, 4.69) is 15.4 Å². The van der Waals surface area contributed by atoms with Crippen LogP contribution >= 0.6 is 0 Å². The van der Waals surface area contributed by atoms with Crippen molar-refractivity contribution in [2.75, 3.05) is 27.9 Å². The number of nitrogens with one attached hydrogen (secondary N) is 2. The summed E-state index contributed by atoms with van der Waals surface area (Å²) in [5.41, 5.74) is -0.322. The van der Waals surface area contributed by atoms with Crippen LogP contribution in [0.15, 0.2) is 11.8 Å². The highest BCUT2D eigenvalue weighted by Crippen LogP contribution is 1.99. The van der Waals surface area contributed by atoms with E-state index >= 15 is 0 Å². The lowest BCUT2D eigenvalue weighted by molar-refractivity contribution is -0.139. The fourth-order valence-corrected chi connectivity index (χ4v) is 1.17. The van der Waals surface area contributed by atoms with Crippen LogP contribution in [-0.4, -0.2) is 51.9 Å². The second-order valence-corrected chi connectivity index (χ2v) is 4.32. The first kappa shape index (κ1) is 19.1. The van der Waals surface area contributed by atoms with Gasteiger partial charge in [-0.05, 0) is 0 Å². The van der Waals surface area contributed by atoms with Crippen LogP contribution in [0.2, 0.25) is 0 Å². The highest BCUT2D eigenvalue weighted by atomic mass is 16.7. The molecule has 0 aliphatic carbocycles. The van der Waals surface area contributed by atoms with Gasteiger partial charge in [0.2, 0.25) is 5.91 Å². The number of amides is 2. The molecule has 0 radical (unpaired) electrons. The minimum atomic E-state index is -0.858. The number of hydrogen-bond acceptors (Lipinski definition) is 6. The molecule has 0 heterocycles. The van der Waals surface area contributed by atoms with Crippen LogP contribution in [0.3, 0.4) is 0 Å². The molecule has 0 aliphatic rings. The first-order valence-electron chi connectivity index (χ1n) is 6.30. The Hall–Kier alpha value is -1.93.